The zero-order valence-electron chi connectivity index (χ0n) is 11.1. The van der Waals surface area contributed by atoms with Crippen LogP contribution < -0.4 is 0 Å². The SMILES string of the molecule is O=C([C@@H]1N=C1c1ccccc1)n1cc2c(n1)CCCC2. The van der Waals surface area contributed by atoms with Gasteiger partial charge in [0.15, 0.2) is 6.04 Å². The van der Waals surface area contributed by atoms with Crippen LogP contribution in [0.1, 0.15) is 34.5 Å². The van der Waals surface area contributed by atoms with Crippen molar-refractivity contribution in [3.8, 4) is 0 Å². The summed E-state index contributed by atoms with van der Waals surface area (Å²) >= 11 is 0. The molecule has 2 heterocycles. The fourth-order valence-electron chi connectivity index (χ4n) is 2.83. The van der Waals surface area contributed by atoms with Gasteiger partial charge in [0, 0.05) is 6.20 Å². The van der Waals surface area contributed by atoms with Crippen molar-refractivity contribution in [2.45, 2.75) is 31.7 Å². The third kappa shape index (κ3) is 1.88. The van der Waals surface area contributed by atoms with E-state index in [9.17, 15) is 4.79 Å². The van der Waals surface area contributed by atoms with Gasteiger partial charge in [-0.1, -0.05) is 30.3 Å². The molecule has 4 rings (SSSR count). The summed E-state index contributed by atoms with van der Waals surface area (Å²) in [7, 11) is 0. The maximum atomic E-state index is 12.4. The highest BCUT2D eigenvalue weighted by molar-refractivity contribution is 6.25. The summed E-state index contributed by atoms with van der Waals surface area (Å²) in [6.45, 7) is 0. The van der Waals surface area contributed by atoms with Crippen LogP contribution in [0.4, 0.5) is 0 Å². The fraction of sp³-hybridized carbons (Fsp3) is 0.312. The smallest absolute Gasteiger partial charge is 0.270 e. The molecular weight excluding hydrogens is 250 g/mol. The number of carbonyl (C=O) groups is 1. The lowest BCUT2D eigenvalue weighted by molar-refractivity contribution is 0.0900. The number of benzene rings is 1. The molecule has 1 aliphatic carbocycles. The van der Waals surface area contributed by atoms with Crippen molar-refractivity contribution in [1.82, 2.24) is 9.78 Å². The Bertz CT molecular complexity index is 676. The largest absolute Gasteiger partial charge is 0.277 e. The van der Waals surface area contributed by atoms with E-state index >= 15 is 0 Å². The second kappa shape index (κ2) is 4.40. The van der Waals surface area contributed by atoms with Crippen LogP contribution in [0.5, 0.6) is 0 Å². The Kier molecular flexibility index (Phi) is 2.55. The number of hydrogen-bond acceptors (Lipinski definition) is 3. The third-order valence-corrected chi connectivity index (χ3v) is 3.98. The van der Waals surface area contributed by atoms with Crippen LogP contribution in [0, 0.1) is 0 Å². The minimum atomic E-state index is -0.334. The Balaban J connectivity index is 1.54. The van der Waals surface area contributed by atoms with Crippen LogP contribution in [0.15, 0.2) is 41.5 Å². The monoisotopic (exact) mass is 265 g/mol. The number of hydrogen-bond donors (Lipinski definition) is 0. The van der Waals surface area contributed by atoms with Crippen LogP contribution in [-0.2, 0) is 12.8 Å². The summed E-state index contributed by atoms with van der Waals surface area (Å²) in [6, 6.07) is 9.53. The highest BCUT2D eigenvalue weighted by Gasteiger charge is 2.37. The Hall–Kier alpha value is -2.23. The molecule has 0 saturated heterocycles. The van der Waals surface area contributed by atoms with Crippen molar-refractivity contribution >= 4 is 11.6 Å². The average molecular weight is 265 g/mol. The first-order valence-electron chi connectivity index (χ1n) is 7.08. The standard InChI is InChI=1S/C16H15N3O/c20-16(15-14(17-15)11-6-2-1-3-7-11)19-10-12-8-4-5-9-13(12)18-19/h1-3,6-7,10,15H,4-5,8-9H2/t15-/m1/s1. The molecular formula is C16H15N3O. The zero-order valence-corrected chi connectivity index (χ0v) is 11.1. The molecule has 1 aromatic heterocycles. The van der Waals surface area contributed by atoms with E-state index in [0.29, 0.717) is 0 Å². The van der Waals surface area contributed by atoms with E-state index in [-0.39, 0.29) is 11.9 Å². The van der Waals surface area contributed by atoms with Crippen molar-refractivity contribution in [1.29, 1.82) is 0 Å². The molecule has 0 N–H and O–H groups in total. The van der Waals surface area contributed by atoms with Gasteiger partial charge in [-0.3, -0.25) is 9.79 Å². The van der Waals surface area contributed by atoms with E-state index < -0.39 is 0 Å². The van der Waals surface area contributed by atoms with Gasteiger partial charge < -0.3 is 0 Å². The summed E-state index contributed by atoms with van der Waals surface area (Å²) in [5, 5.41) is 4.43. The second-order valence-electron chi connectivity index (χ2n) is 5.37. The van der Waals surface area contributed by atoms with Crippen molar-refractivity contribution in [2.75, 3.05) is 0 Å². The molecule has 2 aromatic rings. The summed E-state index contributed by atoms with van der Waals surface area (Å²) in [5.41, 5.74) is 4.23. The minimum Gasteiger partial charge on any atom is -0.270 e. The van der Waals surface area contributed by atoms with Gasteiger partial charge in [-0.05, 0) is 36.8 Å². The Morgan fingerprint density at radius 2 is 1.95 bits per heavy atom. The van der Waals surface area contributed by atoms with Gasteiger partial charge in [-0.15, -0.1) is 0 Å². The molecule has 0 saturated carbocycles. The summed E-state index contributed by atoms with van der Waals surface area (Å²) in [5.74, 6) is -0.0294. The zero-order chi connectivity index (χ0) is 13.5. The summed E-state index contributed by atoms with van der Waals surface area (Å²) in [4.78, 5) is 16.7. The number of aryl methyl sites for hydroxylation is 2. The predicted molar refractivity (Wildman–Crippen MR) is 76.3 cm³/mol. The Morgan fingerprint density at radius 1 is 1.15 bits per heavy atom. The molecule has 20 heavy (non-hydrogen) atoms. The molecule has 4 heteroatoms. The van der Waals surface area contributed by atoms with Crippen LogP contribution in [0.25, 0.3) is 0 Å². The van der Waals surface area contributed by atoms with E-state index in [4.69, 9.17) is 0 Å². The van der Waals surface area contributed by atoms with Gasteiger partial charge in [-0.25, -0.2) is 4.68 Å². The molecule has 0 unspecified atom stereocenters. The lowest BCUT2D eigenvalue weighted by atomic mass is 9.99. The van der Waals surface area contributed by atoms with Gasteiger partial charge in [0.1, 0.15) is 0 Å². The maximum Gasteiger partial charge on any atom is 0.277 e. The molecule has 1 atom stereocenters. The van der Waals surface area contributed by atoms with Crippen molar-refractivity contribution in [3.05, 3.63) is 53.3 Å². The lowest BCUT2D eigenvalue weighted by Gasteiger charge is -2.06. The maximum absolute atomic E-state index is 12.4. The van der Waals surface area contributed by atoms with E-state index in [0.717, 1.165) is 29.8 Å². The number of aromatic nitrogens is 2. The second-order valence-corrected chi connectivity index (χ2v) is 5.37. The van der Waals surface area contributed by atoms with Crippen LogP contribution in [0.2, 0.25) is 0 Å². The first-order chi connectivity index (χ1) is 9.83. The van der Waals surface area contributed by atoms with E-state index in [1.807, 2.05) is 36.5 Å². The number of rotatable bonds is 2. The van der Waals surface area contributed by atoms with Crippen molar-refractivity contribution < 1.29 is 4.79 Å². The molecule has 1 aliphatic heterocycles. The number of fused-ring (bicyclic) bond motifs is 1. The molecule has 0 bridgehead atoms. The number of aliphatic imine (C=N–C) groups is 1. The molecule has 0 spiro atoms. The molecule has 0 amide bonds. The van der Waals surface area contributed by atoms with Gasteiger partial charge in [-0.2, -0.15) is 5.10 Å². The van der Waals surface area contributed by atoms with Crippen molar-refractivity contribution in [2.24, 2.45) is 4.99 Å². The molecule has 4 nitrogen and oxygen atoms in total. The third-order valence-electron chi connectivity index (χ3n) is 3.98. The average Bonchev–Trinajstić information content (AvgIpc) is 3.18. The normalized spacial score (nSPS) is 20.2. The Morgan fingerprint density at radius 3 is 2.75 bits per heavy atom. The summed E-state index contributed by atoms with van der Waals surface area (Å²) < 4.78 is 1.50. The topological polar surface area (TPSA) is 47.2 Å². The van der Waals surface area contributed by atoms with E-state index in [2.05, 4.69) is 10.1 Å². The van der Waals surface area contributed by atoms with Crippen LogP contribution in [0.3, 0.4) is 0 Å². The van der Waals surface area contributed by atoms with Gasteiger partial charge in [0.05, 0.1) is 11.4 Å². The highest BCUT2D eigenvalue weighted by atomic mass is 16.2. The first-order valence-corrected chi connectivity index (χ1v) is 7.08. The predicted octanol–water partition coefficient (Wildman–Crippen LogP) is 2.27. The van der Waals surface area contributed by atoms with Crippen LogP contribution in [-0.4, -0.2) is 27.4 Å². The minimum absolute atomic E-state index is 0.0294. The molecule has 0 fully saturated rings. The fourth-order valence-corrected chi connectivity index (χ4v) is 2.83. The van der Waals surface area contributed by atoms with Gasteiger partial charge in [0.2, 0.25) is 0 Å². The Labute approximate surface area is 117 Å². The molecule has 2 aliphatic rings. The van der Waals surface area contributed by atoms with Crippen molar-refractivity contribution in [3.63, 3.8) is 0 Å². The highest BCUT2D eigenvalue weighted by Crippen LogP contribution is 2.24. The molecule has 0 radical (unpaired) electrons. The van der Waals surface area contributed by atoms with E-state index in [1.165, 1.54) is 23.1 Å². The molecule has 100 valence electrons. The number of carbonyl (C=O) groups excluding carboxylic acids is 1. The quantitative estimate of drug-likeness (QED) is 0.836. The number of nitrogens with zero attached hydrogens (tertiary/aromatic N) is 3. The lowest BCUT2D eigenvalue weighted by Crippen LogP contribution is -2.21. The summed E-state index contributed by atoms with van der Waals surface area (Å²) in [6.07, 6.45) is 6.30. The van der Waals surface area contributed by atoms with Crippen LogP contribution >= 0.6 is 0 Å². The van der Waals surface area contributed by atoms with Gasteiger partial charge in [0.25, 0.3) is 5.91 Å². The first kappa shape index (κ1) is 11.6. The van der Waals surface area contributed by atoms with Gasteiger partial charge >= 0.3 is 0 Å². The molecule has 1 aromatic carbocycles. The van der Waals surface area contributed by atoms with E-state index in [1.54, 1.807) is 0 Å².